The summed E-state index contributed by atoms with van der Waals surface area (Å²) < 4.78 is 3.71. The van der Waals surface area contributed by atoms with Gasteiger partial charge in [0.05, 0.1) is 18.4 Å². The Bertz CT molecular complexity index is 1100. The molecule has 0 amide bonds. The molecule has 0 aliphatic heterocycles. The Morgan fingerprint density at radius 3 is 2.62 bits per heavy atom. The van der Waals surface area contributed by atoms with E-state index < -0.39 is 0 Å². The Morgan fingerprint density at radius 2 is 1.85 bits per heavy atom. The van der Waals surface area contributed by atoms with E-state index in [1.807, 2.05) is 67.8 Å². The van der Waals surface area contributed by atoms with Crippen molar-refractivity contribution in [1.82, 2.24) is 14.0 Å². The highest BCUT2D eigenvalue weighted by molar-refractivity contribution is 5.64. The van der Waals surface area contributed by atoms with Crippen molar-refractivity contribution < 1.29 is 0 Å². The quantitative estimate of drug-likeness (QED) is 0.615. The predicted octanol–water partition coefficient (Wildman–Crippen LogP) is 3.62. The molecule has 0 aliphatic rings. The molecule has 26 heavy (non-hydrogen) atoms. The molecule has 4 aromatic rings. The van der Waals surface area contributed by atoms with Crippen LogP contribution < -0.4 is 10.9 Å². The summed E-state index contributed by atoms with van der Waals surface area (Å²) in [4.78, 5) is 16.4. The molecular formula is C21H20N4O. The van der Waals surface area contributed by atoms with Gasteiger partial charge in [0.25, 0.3) is 5.56 Å². The fourth-order valence-electron chi connectivity index (χ4n) is 3.12. The predicted molar refractivity (Wildman–Crippen MR) is 104 cm³/mol. The van der Waals surface area contributed by atoms with E-state index in [-0.39, 0.29) is 5.56 Å². The van der Waals surface area contributed by atoms with Gasteiger partial charge >= 0.3 is 0 Å². The maximum absolute atomic E-state index is 11.9. The van der Waals surface area contributed by atoms with E-state index in [0.29, 0.717) is 6.54 Å². The normalized spacial score (nSPS) is 11.0. The molecule has 0 spiro atoms. The molecular weight excluding hydrogens is 324 g/mol. The van der Waals surface area contributed by atoms with Gasteiger partial charge in [0.15, 0.2) is 0 Å². The molecule has 130 valence electrons. The maximum Gasteiger partial charge on any atom is 0.253 e. The van der Waals surface area contributed by atoms with E-state index in [2.05, 4.69) is 20.9 Å². The van der Waals surface area contributed by atoms with Crippen molar-refractivity contribution in [1.29, 1.82) is 0 Å². The van der Waals surface area contributed by atoms with Gasteiger partial charge in [-0.2, -0.15) is 0 Å². The fraction of sp³-hybridized carbons (Fsp3) is 0.143. The number of fused-ring (bicyclic) bond motifs is 1. The number of hydrogen-bond acceptors (Lipinski definition) is 3. The van der Waals surface area contributed by atoms with E-state index >= 15 is 0 Å². The van der Waals surface area contributed by atoms with Gasteiger partial charge in [-0.15, -0.1) is 0 Å². The molecule has 4 rings (SSSR count). The molecule has 0 fully saturated rings. The van der Waals surface area contributed by atoms with Crippen LogP contribution in [0.25, 0.3) is 16.8 Å². The Labute approximate surface area is 151 Å². The van der Waals surface area contributed by atoms with Crippen molar-refractivity contribution in [2.45, 2.75) is 13.5 Å². The first-order chi connectivity index (χ1) is 12.6. The number of nitrogens with zero attached hydrogens (tertiary/aromatic N) is 3. The Balaban J connectivity index is 1.69. The Morgan fingerprint density at radius 1 is 1.04 bits per heavy atom. The second kappa shape index (κ2) is 6.52. The molecule has 0 aliphatic carbocycles. The van der Waals surface area contributed by atoms with E-state index in [1.165, 1.54) is 0 Å². The summed E-state index contributed by atoms with van der Waals surface area (Å²) in [7, 11) is 1.78. The minimum atomic E-state index is 0.0326. The van der Waals surface area contributed by atoms with Crippen LogP contribution in [0.1, 0.15) is 11.3 Å². The van der Waals surface area contributed by atoms with Crippen LogP contribution in [0.2, 0.25) is 0 Å². The first-order valence-electron chi connectivity index (χ1n) is 8.54. The van der Waals surface area contributed by atoms with Gasteiger partial charge in [0.2, 0.25) is 0 Å². The van der Waals surface area contributed by atoms with Gasteiger partial charge in [0, 0.05) is 30.7 Å². The van der Waals surface area contributed by atoms with Gasteiger partial charge in [-0.1, -0.05) is 18.2 Å². The number of rotatable bonds is 4. The third-order valence-electron chi connectivity index (χ3n) is 4.53. The number of pyridine rings is 2. The highest BCUT2D eigenvalue weighted by Gasteiger charge is 2.07. The zero-order chi connectivity index (χ0) is 18.1. The molecule has 0 unspecified atom stereocenters. The number of aromatic nitrogens is 3. The number of aryl methyl sites for hydroxylation is 2. The van der Waals surface area contributed by atoms with Gasteiger partial charge < -0.3 is 14.3 Å². The molecule has 1 N–H and O–H groups in total. The van der Waals surface area contributed by atoms with E-state index in [9.17, 15) is 4.79 Å². The largest absolute Gasteiger partial charge is 0.379 e. The molecule has 0 bridgehead atoms. The molecule has 0 saturated heterocycles. The van der Waals surface area contributed by atoms with Crippen LogP contribution in [0, 0.1) is 6.92 Å². The van der Waals surface area contributed by atoms with Crippen LogP contribution in [0.15, 0.2) is 71.9 Å². The summed E-state index contributed by atoms with van der Waals surface area (Å²) >= 11 is 0. The molecule has 0 radical (unpaired) electrons. The number of benzene rings is 1. The van der Waals surface area contributed by atoms with Crippen molar-refractivity contribution in [2.24, 2.45) is 7.05 Å². The first-order valence-corrected chi connectivity index (χ1v) is 8.54. The average Bonchev–Trinajstić information content (AvgIpc) is 3.07. The van der Waals surface area contributed by atoms with Crippen molar-refractivity contribution in [3.05, 3.63) is 88.7 Å². The molecule has 5 heteroatoms. The molecule has 0 saturated carbocycles. The summed E-state index contributed by atoms with van der Waals surface area (Å²) in [5.41, 5.74) is 5.89. The zero-order valence-electron chi connectivity index (χ0n) is 14.8. The highest BCUT2D eigenvalue weighted by atomic mass is 16.1. The second-order valence-electron chi connectivity index (χ2n) is 6.44. The van der Waals surface area contributed by atoms with Crippen molar-refractivity contribution in [3.63, 3.8) is 0 Å². The zero-order valence-corrected chi connectivity index (χ0v) is 14.8. The standard InChI is InChI=1S/C21H20N4O/c1-15-10-17(13-24(2)21(15)26)16-8-9-20-23-12-19(25(20)14-16)11-22-18-6-4-3-5-7-18/h3-10,12-14,22H,11H2,1-2H3. The van der Waals surface area contributed by atoms with Crippen LogP contribution >= 0.6 is 0 Å². The lowest BCUT2D eigenvalue weighted by Crippen LogP contribution is -2.18. The molecule has 3 heterocycles. The number of hydrogen-bond donors (Lipinski definition) is 1. The van der Waals surface area contributed by atoms with E-state index in [0.717, 1.165) is 33.7 Å². The number of para-hydroxylation sites is 1. The summed E-state index contributed by atoms with van der Waals surface area (Å²) in [5.74, 6) is 0. The van der Waals surface area contributed by atoms with Crippen LogP contribution in [0.5, 0.6) is 0 Å². The van der Waals surface area contributed by atoms with Gasteiger partial charge in [0.1, 0.15) is 5.65 Å². The van der Waals surface area contributed by atoms with E-state index in [1.54, 1.807) is 11.6 Å². The monoisotopic (exact) mass is 344 g/mol. The van der Waals surface area contributed by atoms with Gasteiger partial charge in [-0.3, -0.25) is 4.79 Å². The molecule has 1 aromatic carbocycles. The van der Waals surface area contributed by atoms with Gasteiger partial charge in [-0.05, 0) is 48.4 Å². The molecule has 0 atom stereocenters. The highest BCUT2D eigenvalue weighted by Crippen LogP contribution is 2.21. The van der Waals surface area contributed by atoms with Crippen LogP contribution in [0.3, 0.4) is 0 Å². The Hall–Kier alpha value is -3.34. The third-order valence-corrected chi connectivity index (χ3v) is 4.53. The number of imidazole rings is 1. The van der Waals surface area contributed by atoms with Crippen molar-refractivity contribution >= 4 is 11.3 Å². The Kier molecular flexibility index (Phi) is 4.05. The van der Waals surface area contributed by atoms with Crippen molar-refractivity contribution in [2.75, 3.05) is 5.32 Å². The smallest absolute Gasteiger partial charge is 0.253 e. The first kappa shape index (κ1) is 16.1. The minimum Gasteiger partial charge on any atom is -0.379 e. The van der Waals surface area contributed by atoms with Crippen LogP contribution in [-0.4, -0.2) is 14.0 Å². The van der Waals surface area contributed by atoms with Crippen molar-refractivity contribution in [3.8, 4) is 11.1 Å². The summed E-state index contributed by atoms with van der Waals surface area (Å²) in [5, 5.41) is 3.42. The SMILES string of the molecule is Cc1cc(-c2ccc3ncc(CNc4ccccc4)n3c2)cn(C)c1=O. The summed E-state index contributed by atoms with van der Waals surface area (Å²) in [6.45, 7) is 2.53. The summed E-state index contributed by atoms with van der Waals surface area (Å²) in [6.07, 6.45) is 5.83. The summed E-state index contributed by atoms with van der Waals surface area (Å²) in [6, 6.07) is 16.1. The number of anilines is 1. The number of nitrogens with one attached hydrogen (secondary N) is 1. The van der Waals surface area contributed by atoms with Crippen LogP contribution in [0.4, 0.5) is 5.69 Å². The fourth-order valence-corrected chi connectivity index (χ4v) is 3.12. The minimum absolute atomic E-state index is 0.0326. The third kappa shape index (κ3) is 2.99. The van der Waals surface area contributed by atoms with E-state index in [4.69, 9.17) is 0 Å². The lowest BCUT2D eigenvalue weighted by molar-refractivity contribution is 0.850. The topological polar surface area (TPSA) is 51.3 Å². The lowest BCUT2D eigenvalue weighted by atomic mass is 10.1. The maximum atomic E-state index is 11.9. The van der Waals surface area contributed by atoms with Crippen LogP contribution in [-0.2, 0) is 13.6 Å². The molecule has 3 aromatic heterocycles. The lowest BCUT2D eigenvalue weighted by Gasteiger charge is -2.09. The van der Waals surface area contributed by atoms with Gasteiger partial charge in [-0.25, -0.2) is 4.98 Å². The average molecular weight is 344 g/mol. The second-order valence-corrected chi connectivity index (χ2v) is 6.44. The molecule has 5 nitrogen and oxygen atoms in total.